The van der Waals surface area contributed by atoms with Crippen molar-refractivity contribution in [1.82, 2.24) is 5.32 Å². The first-order chi connectivity index (χ1) is 11.1. The normalized spacial score (nSPS) is 12.7. The lowest BCUT2D eigenvalue weighted by Crippen LogP contribution is -2.23. The summed E-state index contributed by atoms with van der Waals surface area (Å²) in [4.78, 5) is 23.2. The van der Waals surface area contributed by atoms with Gasteiger partial charge in [-0.3, -0.25) is 9.59 Å². The van der Waals surface area contributed by atoms with E-state index in [4.69, 9.17) is 5.73 Å². The Morgan fingerprint density at radius 2 is 1.65 bits per heavy atom. The van der Waals surface area contributed by atoms with Gasteiger partial charge in [-0.05, 0) is 66.3 Å². The van der Waals surface area contributed by atoms with Gasteiger partial charge in [0, 0.05) is 17.7 Å². The average molecular weight is 312 g/mol. The molecule has 2 amide bonds. The van der Waals surface area contributed by atoms with Crippen LogP contribution in [-0.4, -0.2) is 11.8 Å². The minimum atomic E-state index is -0.529. The van der Waals surface area contributed by atoms with Crippen molar-refractivity contribution in [3.8, 4) is 0 Å². The highest BCUT2D eigenvalue weighted by Gasteiger charge is 2.19. The van der Waals surface area contributed by atoms with Crippen LogP contribution in [0.2, 0.25) is 0 Å². The molecule has 0 aromatic heterocycles. The highest BCUT2D eigenvalue weighted by atomic mass is 19.1. The maximum Gasteiger partial charge on any atom is 0.251 e. The van der Waals surface area contributed by atoms with Gasteiger partial charge in [0.2, 0.25) is 5.91 Å². The van der Waals surface area contributed by atoms with E-state index in [0.29, 0.717) is 17.7 Å². The first-order valence-corrected chi connectivity index (χ1v) is 7.53. The SMILES string of the molecule is NC(=O)c1ccc(C(=O)NCc2ccc(F)c3c2CCC3)cc1. The number of rotatable bonds is 4. The molecule has 0 saturated heterocycles. The van der Waals surface area contributed by atoms with Gasteiger partial charge in [0.15, 0.2) is 0 Å². The fourth-order valence-corrected chi connectivity index (χ4v) is 2.97. The quantitative estimate of drug-likeness (QED) is 0.909. The summed E-state index contributed by atoms with van der Waals surface area (Å²) in [5, 5.41) is 2.84. The van der Waals surface area contributed by atoms with E-state index in [1.807, 2.05) is 0 Å². The number of primary amides is 1. The number of benzene rings is 2. The summed E-state index contributed by atoms with van der Waals surface area (Å²) in [6.07, 6.45) is 2.56. The van der Waals surface area contributed by atoms with Crippen molar-refractivity contribution in [2.24, 2.45) is 5.73 Å². The molecule has 2 aromatic carbocycles. The molecule has 0 atom stereocenters. The lowest BCUT2D eigenvalue weighted by Gasteiger charge is -2.11. The molecule has 23 heavy (non-hydrogen) atoms. The molecule has 0 aliphatic heterocycles. The van der Waals surface area contributed by atoms with Gasteiger partial charge >= 0.3 is 0 Å². The van der Waals surface area contributed by atoms with Crippen molar-refractivity contribution < 1.29 is 14.0 Å². The molecule has 0 spiro atoms. The molecule has 0 radical (unpaired) electrons. The van der Waals surface area contributed by atoms with E-state index >= 15 is 0 Å². The zero-order valence-corrected chi connectivity index (χ0v) is 12.6. The van der Waals surface area contributed by atoms with Gasteiger partial charge in [-0.15, -0.1) is 0 Å². The van der Waals surface area contributed by atoms with Crippen LogP contribution in [0.5, 0.6) is 0 Å². The van der Waals surface area contributed by atoms with Gasteiger partial charge in [0.25, 0.3) is 5.91 Å². The third kappa shape index (κ3) is 3.08. The summed E-state index contributed by atoms with van der Waals surface area (Å²) in [5.41, 5.74) is 8.74. The van der Waals surface area contributed by atoms with Crippen molar-refractivity contribution >= 4 is 11.8 Å². The Kier molecular flexibility index (Phi) is 4.10. The number of carbonyl (C=O) groups is 2. The van der Waals surface area contributed by atoms with Gasteiger partial charge in [0.05, 0.1) is 0 Å². The van der Waals surface area contributed by atoms with E-state index in [1.54, 1.807) is 18.2 Å². The number of nitrogens with two attached hydrogens (primary N) is 1. The summed E-state index contributed by atoms with van der Waals surface area (Å²) in [5.74, 6) is -0.925. The van der Waals surface area contributed by atoms with Crippen LogP contribution in [0, 0.1) is 5.82 Å². The van der Waals surface area contributed by atoms with E-state index < -0.39 is 5.91 Å². The molecule has 2 aromatic rings. The molecule has 0 fully saturated rings. The summed E-state index contributed by atoms with van der Waals surface area (Å²) in [6.45, 7) is 0.360. The van der Waals surface area contributed by atoms with E-state index in [2.05, 4.69) is 5.32 Å². The van der Waals surface area contributed by atoms with Crippen molar-refractivity contribution in [2.45, 2.75) is 25.8 Å². The molecule has 4 nitrogen and oxygen atoms in total. The monoisotopic (exact) mass is 312 g/mol. The number of amides is 2. The zero-order valence-electron chi connectivity index (χ0n) is 12.6. The van der Waals surface area contributed by atoms with E-state index in [1.165, 1.54) is 18.2 Å². The fraction of sp³-hybridized carbons (Fsp3) is 0.222. The number of hydrogen-bond acceptors (Lipinski definition) is 2. The lowest BCUT2D eigenvalue weighted by atomic mass is 10.0. The molecule has 118 valence electrons. The maximum absolute atomic E-state index is 13.7. The minimum absolute atomic E-state index is 0.158. The average Bonchev–Trinajstić information content (AvgIpc) is 3.05. The Hall–Kier alpha value is -2.69. The van der Waals surface area contributed by atoms with Gasteiger partial charge in [-0.1, -0.05) is 6.07 Å². The third-order valence-electron chi connectivity index (χ3n) is 4.20. The molecular weight excluding hydrogens is 295 g/mol. The second-order valence-corrected chi connectivity index (χ2v) is 5.64. The van der Waals surface area contributed by atoms with Crippen molar-refractivity contribution in [3.05, 3.63) is 70.0 Å². The minimum Gasteiger partial charge on any atom is -0.366 e. The van der Waals surface area contributed by atoms with Gasteiger partial charge in [-0.25, -0.2) is 4.39 Å². The molecule has 1 aliphatic rings. The molecule has 3 rings (SSSR count). The fourth-order valence-electron chi connectivity index (χ4n) is 2.97. The number of nitrogens with one attached hydrogen (secondary N) is 1. The molecule has 1 aliphatic carbocycles. The largest absolute Gasteiger partial charge is 0.366 e. The van der Waals surface area contributed by atoms with Crippen molar-refractivity contribution in [3.63, 3.8) is 0 Å². The van der Waals surface area contributed by atoms with Crippen LogP contribution in [0.1, 0.15) is 43.8 Å². The van der Waals surface area contributed by atoms with Crippen LogP contribution in [0.25, 0.3) is 0 Å². The smallest absolute Gasteiger partial charge is 0.251 e. The standard InChI is InChI=1S/C18H17FN2O2/c19-16-9-8-13(14-2-1-3-15(14)16)10-21-18(23)12-6-4-11(5-7-12)17(20)22/h4-9H,1-3,10H2,(H2,20,22)(H,21,23). The first-order valence-electron chi connectivity index (χ1n) is 7.53. The highest BCUT2D eigenvalue weighted by molar-refractivity contribution is 5.97. The Morgan fingerprint density at radius 1 is 1.00 bits per heavy atom. The molecule has 5 heteroatoms. The lowest BCUT2D eigenvalue weighted by molar-refractivity contribution is 0.0948. The Morgan fingerprint density at radius 3 is 2.35 bits per heavy atom. The Labute approximate surface area is 133 Å². The van der Waals surface area contributed by atoms with Crippen molar-refractivity contribution in [1.29, 1.82) is 0 Å². The Balaban J connectivity index is 1.70. The second-order valence-electron chi connectivity index (χ2n) is 5.64. The maximum atomic E-state index is 13.7. The van der Waals surface area contributed by atoms with Crippen molar-refractivity contribution in [2.75, 3.05) is 0 Å². The summed E-state index contributed by atoms with van der Waals surface area (Å²) in [6, 6.07) is 9.36. The third-order valence-corrected chi connectivity index (χ3v) is 4.20. The summed E-state index contributed by atoms with van der Waals surface area (Å²) in [7, 11) is 0. The van der Waals surface area contributed by atoms with E-state index in [0.717, 1.165) is 36.0 Å². The molecule has 3 N–H and O–H groups in total. The second kappa shape index (κ2) is 6.20. The molecule has 0 heterocycles. The summed E-state index contributed by atoms with van der Waals surface area (Å²) >= 11 is 0. The van der Waals surface area contributed by atoms with E-state index in [9.17, 15) is 14.0 Å². The molecule has 0 saturated carbocycles. The van der Waals surface area contributed by atoms with Crippen LogP contribution >= 0.6 is 0 Å². The predicted octanol–water partition coefficient (Wildman–Crippen LogP) is 2.34. The predicted molar refractivity (Wildman–Crippen MR) is 84.6 cm³/mol. The first kappa shape index (κ1) is 15.2. The topological polar surface area (TPSA) is 72.2 Å². The highest BCUT2D eigenvalue weighted by Crippen LogP contribution is 2.27. The van der Waals surface area contributed by atoms with Crippen LogP contribution < -0.4 is 11.1 Å². The Bertz CT molecular complexity index is 769. The van der Waals surface area contributed by atoms with Gasteiger partial charge < -0.3 is 11.1 Å². The number of hydrogen-bond donors (Lipinski definition) is 2. The summed E-state index contributed by atoms with van der Waals surface area (Å²) < 4.78 is 13.7. The number of fused-ring (bicyclic) bond motifs is 1. The zero-order chi connectivity index (χ0) is 16.4. The molecular formula is C18H17FN2O2. The van der Waals surface area contributed by atoms with Crippen LogP contribution in [-0.2, 0) is 19.4 Å². The van der Waals surface area contributed by atoms with Crippen LogP contribution in [0.3, 0.4) is 0 Å². The van der Waals surface area contributed by atoms with Gasteiger partial charge in [-0.2, -0.15) is 0 Å². The number of halogens is 1. The van der Waals surface area contributed by atoms with E-state index in [-0.39, 0.29) is 11.7 Å². The molecule has 0 unspecified atom stereocenters. The van der Waals surface area contributed by atoms with Gasteiger partial charge in [0.1, 0.15) is 5.82 Å². The molecule has 0 bridgehead atoms. The number of carbonyl (C=O) groups excluding carboxylic acids is 2. The van der Waals surface area contributed by atoms with Crippen LogP contribution in [0.15, 0.2) is 36.4 Å². The van der Waals surface area contributed by atoms with Crippen LogP contribution in [0.4, 0.5) is 4.39 Å².